The second-order valence-electron chi connectivity index (χ2n) is 5.51. The first-order valence-electron chi connectivity index (χ1n) is 7.68. The summed E-state index contributed by atoms with van der Waals surface area (Å²) in [7, 11) is 1.62. The zero-order valence-electron chi connectivity index (χ0n) is 13.5. The summed E-state index contributed by atoms with van der Waals surface area (Å²) < 4.78 is 16.5. The van der Waals surface area contributed by atoms with E-state index in [1.807, 2.05) is 25.1 Å². The lowest BCUT2D eigenvalue weighted by Gasteiger charge is -2.26. The molecule has 1 aliphatic heterocycles. The van der Waals surface area contributed by atoms with E-state index in [2.05, 4.69) is 10.3 Å². The Morgan fingerprint density at radius 1 is 1.48 bits per heavy atom. The van der Waals surface area contributed by atoms with Gasteiger partial charge in [0.25, 0.3) is 5.91 Å². The van der Waals surface area contributed by atoms with E-state index in [0.717, 1.165) is 11.3 Å². The van der Waals surface area contributed by atoms with Crippen molar-refractivity contribution in [3.8, 4) is 11.5 Å². The van der Waals surface area contributed by atoms with Gasteiger partial charge in [0.2, 0.25) is 5.76 Å². The summed E-state index contributed by atoms with van der Waals surface area (Å²) in [5.74, 6) is 2.06. The molecule has 1 aliphatic rings. The standard InChI is InChI=1S/C17H20N2O4/c1-4-14-18-10(2)15(23-14)17(20)19-12-8-11-6-5-7-13(21-3)16(11)22-9-12/h5-7,12H,4,8-9H2,1-3H3,(H,19,20)/t12-/m0/s1. The third-order valence-electron chi connectivity index (χ3n) is 3.86. The molecule has 0 spiro atoms. The Balaban J connectivity index is 1.72. The molecule has 0 saturated heterocycles. The summed E-state index contributed by atoms with van der Waals surface area (Å²) in [6.07, 6.45) is 1.35. The van der Waals surface area contributed by atoms with Gasteiger partial charge in [-0.15, -0.1) is 0 Å². The summed E-state index contributed by atoms with van der Waals surface area (Å²) in [4.78, 5) is 16.6. The van der Waals surface area contributed by atoms with E-state index in [1.165, 1.54) is 0 Å². The first-order chi connectivity index (χ1) is 11.1. The lowest BCUT2D eigenvalue weighted by molar-refractivity contribution is 0.0884. The highest BCUT2D eigenvalue weighted by Crippen LogP contribution is 2.34. The fourth-order valence-corrected chi connectivity index (χ4v) is 2.71. The fraction of sp³-hybridized carbons (Fsp3) is 0.412. The third-order valence-corrected chi connectivity index (χ3v) is 3.86. The van der Waals surface area contributed by atoms with Gasteiger partial charge in [0.1, 0.15) is 6.61 Å². The van der Waals surface area contributed by atoms with E-state index in [1.54, 1.807) is 14.0 Å². The number of fused-ring (bicyclic) bond motifs is 1. The van der Waals surface area contributed by atoms with E-state index in [-0.39, 0.29) is 17.7 Å². The lowest BCUT2D eigenvalue weighted by atomic mass is 10.0. The third kappa shape index (κ3) is 3.02. The van der Waals surface area contributed by atoms with Crippen molar-refractivity contribution in [3.05, 3.63) is 41.1 Å². The van der Waals surface area contributed by atoms with Crippen LogP contribution in [0, 0.1) is 6.92 Å². The van der Waals surface area contributed by atoms with Crippen LogP contribution in [0.5, 0.6) is 11.5 Å². The molecule has 0 radical (unpaired) electrons. The molecule has 0 saturated carbocycles. The van der Waals surface area contributed by atoms with Gasteiger partial charge in [-0.3, -0.25) is 4.79 Å². The van der Waals surface area contributed by atoms with E-state index < -0.39 is 0 Å². The van der Waals surface area contributed by atoms with Gasteiger partial charge < -0.3 is 19.2 Å². The van der Waals surface area contributed by atoms with Crippen LogP contribution in [0.25, 0.3) is 0 Å². The summed E-state index contributed by atoms with van der Waals surface area (Å²) in [5.41, 5.74) is 1.63. The minimum absolute atomic E-state index is 0.114. The number of hydrogen-bond acceptors (Lipinski definition) is 5. The zero-order valence-corrected chi connectivity index (χ0v) is 13.5. The number of nitrogens with one attached hydrogen (secondary N) is 1. The van der Waals surface area contributed by atoms with E-state index >= 15 is 0 Å². The minimum atomic E-state index is -0.255. The number of aromatic nitrogens is 1. The summed E-state index contributed by atoms with van der Waals surface area (Å²) in [6.45, 7) is 4.11. The molecule has 122 valence electrons. The second-order valence-corrected chi connectivity index (χ2v) is 5.51. The van der Waals surface area contributed by atoms with Crippen LogP contribution in [0.2, 0.25) is 0 Å². The monoisotopic (exact) mass is 316 g/mol. The van der Waals surface area contributed by atoms with Crippen LogP contribution >= 0.6 is 0 Å². The molecule has 1 aromatic carbocycles. The number of nitrogens with zero attached hydrogens (tertiary/aromatic N) is 1. The van der Waals surface area contributed by atoms with Gasteiger partial charge in [-0.05, 0) is 19.4 Å². The zero-order chi connectivity index (χ0) is 16.4. The highest BCUT2D eigenvalue weighted by atomic mass is 16.5. The van der Waals surface area contributed by atoms with Crippen LogP contribution < -0.4 is 14.8 Å². The van der Waals surface area contributed by atoms with Crippen LogP contribution in [-0.4, -0.2) is 30.6 Å². The number of carbonyl (C=O) groups excluding carboxylic acids is 1. The van der Waals surface area contributed by atoms with Gasteiger partial charge in [-0.2, -0.15) is 0 Å². The van der Waals surface area contributed by atoms with E-state index in [9.17, 15) is 4.79 Å². The molecule has 1 aromatic heterocycles. The SMILES string of the molecule is CCc1nc(C)c(C(=O)N[C@@H]2COc3c(cccc3OC)C2)o1. The molecule has 2 heterocycles. The number of carbonyl (C=O) groups is 1. The normalized spacial score (nSPS) is 16.4. The number of rotatable bonds is 4. The van der Waals surface area contributed by atoms with Gasteiger partial charge in [-0.1, -0.05) is 19.1 Å². The van der Waals surface area contributed by atoms with Crippen molar-refractivity contribution in [2.24, 2.45) is 0 Å². The molecular formula is C17H20N2O4. The van der Waals surface area contributed by atoms with Crippen LogP contribution in [-0.2, 0) is 12.8 Å². The molecule has 6 nitrogen and oxygen atoms in total. The lowest BCUT2D eigenvalue weighted by Crippen LogP contribution is -2.42. The quantitative estimate of drug-likeness (QED) is 0.937. The second kappa shape index (κ2) is 6.32. The van der Waals surface area contributed by atoms with Crippen molar-refractivity contribution < 1.29 is 18.7 Å². The van der Waals surface area contributed by atoms with Crippen LogP contribution in [0.15, 0.2) is 22.6 Å². The number of oxazole rings is 1. The fourth-order valence-electron chi connectivity index (χ4n) is 2.71. The predicted octanol–water partition coefficient (Wildman–Crippen LogP) is 2.29. The highest BCUT2D eigenvalue weighted by Gasteiger charge is 2.26. The van der Waals surface area contributed by atoms with E-state index in [4.69, 9.17) is 13.9 Å². The van der Waals surface area contributed by atoms with Crippen molar-refractivity contribution in [1.29, 1.82) is 0 Å². The van der Waals surface area contributed by atoms with Crippen LogP contribution in [0.1, 0.15) is 34.6 Å². The molecule has 0 bridgehead atoms. The molecule has 0 aliphatic carbocycles. The first-order valence-corrected chi connectivity index (χ1v) is 7.68. The maximum atomic E-state index is 12.4. The summed E-state index contributed by atoms with van der Waals surface area (Å²) in [6, 6.07) is 5.64. The molecule has 23 heavy (non-hydrogen) atoms. The Kier molecular flexibility index (Phi) is 4.23. The van der Waals surface area contributed by atoms with Crippen LogP contribution in [0.4, 0.5) is 0 Å². The molecule has 6 heteroatoms. The van der Waals surface area contributed by atoms with Crippen LogP contribution in [0.3, 0.4) is 0 Å². The Morgan fingerprint density at radius 2 is 2.30 bits per heavy atom. The number of benzene rings is 1. The molecule has 1 atom stereocenters. The molecule has 3 rings (SSSR count). The minimum Gasteiger partial charge on any atom is -0.493 e. The molecule has 1 N–H and O–H groups in total. The number of methoxy groups -OCH3 is 1. The van der Waals surface area contributed by atoms with Crippen molar-refractivity contribution in [3.63, 3.8) is 0 Å². The Hall–Kier alpha value is -2.50. The topological polar surface area (TPSA) is 73.6 Å². The number of aryl methyl sites for hydroxylation is 2. The molecule has 0 unspecified atom stereocenters. The molecular weight excluding hydrogens is 296 g/mol. The largest absolute Gasteiger partial charge is 0.493 e. The van der Waals surface area contributed by atoms with Crippen molar-refractivity contribution in [2.45, 2.75) is 32.7 Å². The molecule has 1 amide bonds. The van der Waals surface area contributed by atoms with Crippen molar-refractivity contribution in [2.75, 3.05) is 13.7 Å². The van der Waals surface area contributed by atoms with Crippen molar-refractivity contribution >= 4 is 5.91 Å². The van der Waals surface area contributed by atoms with Gasteiger partial charge in [-0.25, -0.2) is 4.98 Å². The number of hydrogen-bond donors (Lipinski definition) is 1. The highest BCUT2D eigenvalue weighted by molar-refractivity contribution is 5.92. The summed E-state index contributed by atoms with van der Waals surface area (Å²) >= 11 is 0. The average molecular weight is 316 g/mol. The predicted molar refractivity (Wildman–Crippen MR) is 84.1 cm³/mol. The maximum Gasteiger partial charge on any atom is 0.289 e. The van der Waals surface area contributed by atoms with Gasteiger partial charge in [0.05, 0.1) is 18.8 Å². The smallest absolute Gasteiger partial charge is 0.289 e. The van der Waals surface area contributed by atoms with Gasteiger partial charge >= 0.3 is 0 Å². The average Bonchev–Trinajstić information content (AvgIpc) is 2.95. The Labute approximate surface area is 134 Å². The Bertz CT molecular complexity index is 723. The number of ether oxygens (including phenoxy) is 2. The van der Waals surface area contributed by atoms with Gasteiger partial charge in [0.15, 0.2) is 17.4 Å². The van der Waals surface area contributed by atoms with Crippen molar-refractivity contribution in [1.82, 2.24) is 10.3 Å². The Morgan fingerprint density at radius 3 is 3.00 bits per heavy atom. The number of para-hydroxylation sites is 1. The maximum absolute atomic E-state index is 12.4. The summed E-state index contributed by atoms with van der Waals surface area (Å²) in [5, 5.41) is 2.95. The van der Waals surface area contributed by atoms with E-state index in [0.29, 0.717) is 36.8 Å². The molecule has 2 aromatic rings. The molecule has 0 fully saturated rings. The van der Waals surface area contributed by atoms with Gasteiger partial charge in [0, 0.05) is 12.0 Å². The first kappa shape index (κ1) is 15.4. The number of amides is 1.